The van der Waals surface area contributed by atoms with Gasteiger partial charge in [-0.1, -0.05) is 0 Å². The Morgan fingerprint density at radius 3 is 2.50 bits per heavy atom. The van der Waals surface area contributed by atoms with Gasteiger partial charge in [0.05, 0.1) is 10.6 Å². The lowest BCUT2D eigenvalue weighted by molar-refractivity contribution is 0.601. The monoisotopic (exact) mass is 293 g/mol. The molecule has 0 saturated carbocycles. The Morgan fingerprint density at radius 2 is 1.90 bits per heavy atom. The van der Waals surface area contributed by atoms with E-state index in [1.165, 1.54) is 35.0 Å². The van der Waals surface area contributed by atoms with Crippen LogP contribution in [0.4, 0.5) is 11.4 Å². The average molecular weight is 293 g/mol. The highest BCUT2D eigenvalue weighted by atomic mass is 32.2. The fraction of sp³-hybridized carbons (Fsp3) is 0.154. The first-order valence-corrected chi connectivity index (χ1v) is 7.33. The first-order chi connectivity index (χ1) is 9.28. The molecule has 0 unspecified atom stereocenters. The van der Waals surface area contributed by atoms with Crippen molar-refractivity contribution in [2.24, 2.45) is 7.05 Å². The van der Waals surface area contributed by atoms with Gasteiger partial charge >= 0.3 is 0 Å². The molecule has 0 saturated heterocycles. The molecule has 6 nitrogen and oxygen atoms in total. The van der Waals surface area contributed by atoms with Crippen LogP contribution in [0.3, 0.4) is 0 Å². The SMILES string of the molecule is Cc1cc(N)cc(S(=O)(=O)Nc2ccc(=O)n(C)c2)c1. The third kappa shape index (κ3) is 3.00. The van der Waals surface area contributed by atoms with Crippen molar-refractivity contribution >= 4 is 21.4 Å². The Bertz CT molecular complexity index is 790. The lowest BCUT2D eigenvalue weighted by atomic mass is 10.2. The van der Waals surface area contributed by atoms with Crippen LogP contribution in [-0.2, 0) is 17.1 Å². The van der Waals surface area contributed by atoms with Crippen LogP contribution in [0.1, 0.15) is 5.56 Å². The molecule has 0 aliphatic heterocycles. The van der Waals surface area contributed by atoms with E-state index < -0.39 is 10.0 Å². The molecule has 0 aliphatic rings. The summed E-state index contributed by atoms with van der Waals surface area (Å²) in [5, 5.41) is 0. The van der Waals surface area contributed by atoms with E-state index in [2.05, 4.69) is 4.72 Å². The summed E-state index contributed by atoms with van der Waals surface area (Å²) in [5.74, 6) is 0. The lowest BCUT2D eigenvalue weighted by Crippen LogP contribution is -2.18. The van der Waals surface area contributed by atoms with Gasteiger partial charge in [0.2, 0.25) is 5.56 Å². The summed E-state index contributed by atoms with van der Waals surface area (Å²) in [4.78, 5) is 11.4. The summed E-state index contributed by atoms with van der Waals surface area (Å²) >= 11 is 0. The zero-order valence-corrected chi connectivity index (χ0v) is 11.9. The number of nitrogens with zero attached hydrogens (tertiary/aromatic N) is 1. The lowest BCUT2D eigenvalue weighted by Gasteiger charge is -2.10. The third-order valence-electron chi connectivity index (χ3n) is 2.72. The molecule has 106 valence electrons. The van der Waals surface area contributed by atoms with Crippen molar-refractivity contribution in [2.75, 3.05) is 10.5 Å². The van der Waals surface area contributed by atoms with Crippen molar-refractivity contribution in [2.45, 2.75) is 11.8 Å². The van der Waals surface area contributed by atoms with E-state index in [1.54, 1.807) is 20.0 Å². The summed E-state index contributed by atoms with van der Waals surface area (Å²) in [6.45, 7) is 1.77. The molecule has 3 N–H and O–H groups in total. The zero-order valence-electron chi connectivity index (χ0n) is 11.1. The highest BCUT2D eigenvalue weighted by Crippen LogP contribution is 2.19. The molecule has 0 radical (unpaired) electrons. The van der Waals surface area contributed by atoms with E-state index in [0.29, 0.717) is 11.4 Å². The minimum absolute atomic E-state index is 0.0869. The van der Waals surface area contributed by atoms with Crippen LogP contribution >= 0.6 is 0 Å². The Kier molecular flexibility index (Phi) is 3.54. The first kappa shape index (κ1) is 14.1. The fourth-order valence-corrected chi connectivity index (χ4v) is 2.98. The minimum Gasteiger partial charge on any atom is -0.399 e. The number of rotatable bonds is 3. The van der Waals surface area contributed by atoms with Crippen molar-refractivity contribution in [3.05, 3.63) is 52.4 Å². The maximum atomic E-state index is 12.2. The molecule has 0 spiro atoms. The highest BCUT2D eigenvalue weighted by molar-refractivity contribution is 7.92. The molecule has 0 amide bonds. The summed E-state index contributed by atoms with van der Waals surface area (Å²) in [7, 11) is -2.19. The van der Waals surface area contributed by atoms with Crippen LogP contribution in [0.25, 0.3) is 0 Å². The van der Waals surface area contributed by atoms with Crippen LogP contribution in [0.15, 0.2) is 46.2 Å². The molecular weight excluding hydrogens is 278 g/mol. The standard InChI is InChI=1S/C13H15N3O3S/c1-9-5-10(14)7-12(6-9)20(18,19)15-11-3-4-13(17)16(2)8-11/h3-8,15H,14H2,1-2H3. The maximum absolute atomic E-state index is 12.2. The predicted molar refractivity (Wildman–Crippen MR) is 78.1 cm³/mol. The van der Waals surface area contributed by atoms with Gasteiger partial charge in [0.1, 0.15) is 0 Å². The number of hydrogen-bond acceptors (Lipinski definition) is 4. The summed E-state index contributed by atoms with van der Waals surface area (Å²) in [6.07, 6.45) is 1.42. The molecular formula is C13H15N3O3S. The second-order valence-corrected chi connectivity index (χ2v) is 6.23. The molecule has 0 aliphatic carbocycles. The molecule has 0 bridgehead atoms. The van der Waals surface area contributed by atoms with E-state index in [9.17, 15) is 13.2 Å². The zero-order chi connectivity index (χ0) is 14.9. The molecule has 0 fully saturated rings. The summed E-state index contributed by atoms with van der Waals surface area (Å²) < 4.78 is 28.2. The number of aryl methyl sites for hydroxylation is 2. The number of nitrogens with one attached hydrogen (secondary N) is 1. The van der Waals surface area contributed by atoms with Gasteiger partial charge in [-0.2, -0.15) is 0 Å². The van der Waals surface area contributed by atoms with Gasteiger partial charge < -0.3 is 10.3 Å². The maximum Gasteiger partial charge on any atom is 0.262 e. The van der Waals surface area contributed by atoms with E-state index >= 15 is 0 Å². The van der Waals surface area contributed by atoms with Crippen molar-refractivity contribution < 1.29 is 8.42 Å². The first-order valence-electron chi connectivity index (χ1n) is 5.84. The molecule has 1 aromatic carbocycles. The Balaban J connectivity index is 2.40. The van der Waals surface area contributed by atoms with E-state index in [4.69, 9.17) is 5.73 Å². The smallest absolute Gasteiger partial charge is 0.262 e. The topological polar surface area (TPSA) is 94.2 Å². The van der Waals surface area contributed by atoms with Gasteiger partial charge in [0.25, 0.3) is 10.0 Å². The molecule has 1 aromatic heterocycles. The number of aromatic nitrogens is 1. The predicted octanol–water partition coefficient (Wildman–Crippen LogP) is 1.08. The Morgan fingerprint density at radius 1 is 1.20 bits per heavy atom. The molecule has 0 atom stereocenters. The fourth-order valence-electron chi connectivity index (χ4n) is 1.80. The van der Waals surface area contributed by atoms with Gasteiger partial charge in [-0.3, -0.25) is 9.52 Å². The number of nitrogens with two attached hydrogens (primary N) is 1. The molecule has 1 heterocycles. The highest BCUT2D eigenvalue weighted by Gasteiger charge is 2.15. The summed E-state index contributed by atoms with van der Waals surface area (Å²) in [5.41, 5.74) is 6.89. The van der Waals surface area contributed by atoms with E-state index in [-0.39, 0.29) is 10.5 Å². The molecule has 20 heavy (non-hydrogen) atoms. The van der Waals surface area contributed by atoms with Crippen LogP contribution in [0.2, 0.25) is 0 Å². The van der Waals surface area contributed by atoms with Gasteiger partial charge in [-0.05, 0) is 36.8 Å². The van der Waals surface area contributed by atoms with Crippen LogP contribution < -0.4 is 16.0 Å². The van der Waals surface area contributed by atoms with Gasteiger partial charge in [-0.25, -0.2) is 8.42 Å². The molecule has 7 heteroatoms. The Hall–Kier alpha value is -2.28. The third-order valence-corrected chi connectivity index (χ3v) is 4.08. The number of benzene rings is 1. The van der Waals surface area contributed by atoms with Crippen molar-refractivity contribution in [3.63, 3.8) is 0 Å². The average Bonchev–Trinajstić information content (AvgIpc) is 2.32. The number of hydrogen-bond donors (Lipinski definition) is 2. The number of anilines is 2. The van der Waals surface area contributed by atoms with Crippen LogP contribution in [0.5, 0.6) is 0 Å². The molecule has 2 rings (SSSR count). The van der Waals surface area contributed by atoms with Gasteiger partial charge in [0.15, 0.2) is 0 Å². The number of pyridine rings is 1. The van der Waals surface area contributed by atoms with Gasteiger partial charge in [0, 0.05) is 25.0 Å². The van der Waals surface area contributed by atoms with Crippen LogP contribution in [0, 0.1) is 6.92 Å². The number of sulfonamides is 1. The van der Waals surface area contributed by atoms with Crippen molar-refractivity contribution in [1.82, 2.24) is 4.57 Å². The second-order valence-electron chi connectivity index (χ2n) is 4.55. The van der Waals surface area contributed by atoms with E-state index in [0.717, 1.165) is 5.56 Å². The largest absolute Gasteiger partial charge is 0.399 e. The van der Waals surface area contributed by atoms with Crippen molar-refractivity contribution in [3.8, 4) is 0 Å². The number of nitrogen functional groups attached to an aromatic ring is 1. The Labute approximate surface area is 116 Å². The van der Waals surface area contributed by atoms with E-state index in [1.807, 2.05) is 0 Å². The van der Waals surface area contributed by atoms with Gasteiger partial charge in [-0.15, -0.1) is 0 Å². The second kappa shape index (κ2) is 5.01. The molecule has 2 aromatic rings. The van der Waals surface area contributed by atoms with Crippen molar-refractivity contribution in [1.29, 1.82) is 0 Å². The summed E-state index contributed by atoms with van der Waals surface area (Å²) in [6, 6.07) is 7.31. The normalized spacial score (nSPS) is 11.3. The quantitative estimate of drug-likeness (QED) is 0.828. The van der Waals surface area contributed by atoms with Crippen LogP contribution in [-0.4, -0.2) is 13.0 Å². The minimum atomic E-state index is -3.73.